The molecule has 11 heteroatoms. The fraction of sp³-hybridized carbons (Fsp3) is 0.421. The summed E-state index contributed by atoms with van der Waals surface area (Å²) < 4.78 is 24.0. The number of ether oxygens (including phenoxy) is 1. The minimum Gasteiger partial charge on any atom is -0.598 e. The number of nitrogen functional groups attached to an aromatic ring is 1. The Hall–Kier alpha value is -1.28. The minimum atomic E-state index is -1.15. The summed E-state index contributed by atoms with van der Waals surface area (Å²) in [5.74, 6) is 1.28. The number of nitrogens with two attached hydrogens (primary N) is 1. The normalized spacial score (nSPS) is 14.7. The van der Waals surface area contributed by atoms with E-state index < -0.39 is 11.4 Å². The fourth-order valence-corrected chi connectivity index (χ4v) is 5.55. The monoisotopic (exact) mass is 558 g/mol. The second-order valence-electron chi connectivity index (χ2n) is 7.84. The van der Waals surface area contributed by atoms with Gasteiger partial charge in [0, 0.05) is 32.8 Å². The van der Waals surface area contributed by atoms with Gasteiger partial charge in [-0.3, -0.25) is 0 Å². The number of anilines is 1. The van der Waals surface area contributed by atoms with Crippen LogP contribution in [0.2, 0.25) is 0 Å². The molecule has 0 bridgehead atoms. The molecule has 1 aliphatic heterocycles. The van der Waals surface area contributed by atoms with Crippen molar-refractivity contribution in [1.82, 2.24) is 24.2 Å². The number of hydrogen-bond acceptors (Lipinski definition) is 8. The van der Waals surface area contributed by atoms with Crippen LogP contribution in [0.4, 0.5) is 5.82 Å². The first-order valence-corrected chi connectivity index (χ1v) is 12.5. The van der Waals surface area contributed by atoms with E-state index in [1.807, 2.05) is 25.3 Å². The zero-order valence-electron chi connectivity index (χ0n) is 16.9. The van der Waals surface area contributed by atoms with E-state index in [1.54, 1.807) is 11.8 Å². The molecule has 8 nitrogen and oxygen atoms in total. The van der Waals surface area contributed by atoms with Gasteiger partial charge < -0.3 is 19.6 Å². The van der Waals surface area contributed by atoms with Crippen LogP contribution < -0.4 is 15.2 Å². The number of imidazole rings is 1. The molecule has 3 aromatic rings. The standard InChI is InChI=1S/C19H23IN6O2S2/c1-19(2,3)30(27)24-5-6-26-17-15(16(21)22-10-23-17)25-18(26)29-14-9-13-11(4-7-28-13)8-12(14)20/h8-10,24H,4-7H2,1-3H3,(H2,21,22,23). The number of rotatable bonds is 6. The zero-order chi connectivity index (χ0) is 21.5. The molecule has 3 N–H and O–H groups in total. The topological polar surface area (TPSA) is 114 Å². The zero-order valence-corrected chi connectivity index (χ0v) is 20.7. The third-order valence-corrected chi connectivity index (χ3v) is 8.48. The lowest BCUT2D eigenvalue weighted by atomic mass is 10.2. The SMILES string of the molecule is CC(C)(C)[S+]([O-])NCCn1c(Sc2cc3c(cc2I)CCO3)nc2c(N)ncnc21. The van der Waals surface area contributed by atoms with Gasteiger partial charge in [0.05, 0.1) is 13.2 Å². The number of nitrogens with zero attached hydrogens (tertiary/aromatic N) is 4. The summed E-state index contributed by atoms with van der Waals surface area (Å²) in [5.41, 5.74) is 8.53. The van der Waals surface area contributed by atoms with Gasteiger partial charge in [-0.15, -0.1) is 4.72 Å². The Kier molecular flexibility index (Phi) is 6.35. The number of aromatic nitrogens is 4. The van der Waals surface area contributed by atoms with E-state index in [-0.39, 0.29) is 4.75 Å². The summed E-state index contributed by atoms with van der Waals surface area (Å²) in [4.78, 5) is 14.2. The fourth-order valence-electron chi connectivity index (χ4n) is 3.03. The summed E-state index contributed by atoms with van der Waals surface area (Å²) in [5, 5.41) is 0.761. The highest BCUT2D eigenvalue weighted by molar-refractivity contribution is 14.1. The van der Waals surface area contributed by atoms with Crippen molar-refractivity contribution in [2.45, 2.75) is 48.5 Å². The predicted molar refractivity (Wildman–Crippen MR) is 128 cm³/mol. The molecule has 1 aromatic carbocycles. The molecule has 0 saturated heterocycles. The Morgan fingerprint density at radius 1 is 1.37 bits per heavy atom. The summed E-state index contributed by atoms with van der Waals surface area (Å²) in [6, 6.07) is 4.24. The molecule has 0 radical (unpaired) electrons. The van der Waals surface area contributed by atoms with Crippen LogP contribution in [0.1, 0.15) is 26.3 Å². The maximum Gasteiger partial charge on any atom is 0.175 e. The van der Waals surface area contributed by atoms with E-state index in [0.29, 0.717) is 30.1 Å². The Balaban J connectivity index is 1.64. The van der Waals surface area contributed by atoms with Crippen LogP contribution in [0.3, 0.4) is 0 Å². The van der Waals surface area contributed by atoms with Crippen LogP contribution in [0.15, 0.2) is 28.5 Å². The quantitative estimate of drug-likeness (QED) is 0.351. The van der Waals surface area contributed by atoms with Gasteiger partial charge in [-0.2, -0.15) is 0 Å². The molecule has 1 unspecified atom stereocenters. The number of hydrogen-bond donors (Lipinski definition) is 2. The van der Waals surface area contributed by atoms with Gasteiger partial charge in [-0.05, 0) is 61.1 Å². The highest BCUT2D eigenvalue weighted by Gasteiger charge is 2.26. The van der Waals surface area contributed by atoms with Crippen molar-refractivity contribution in [2.75, 3.05) is 18.9 Å². The molecular weight excluding hydrogens is 535 g/mol. The summed E-state index contributed by atoms with van der Waals surface area (Å²) >= 11 is 2.74. The van der Waals surface area contributed by atoms with Gasteiger partial charge in [-0.25, -0.2) is 15.0 Å². The first-order chi connectivity index (χ1) is 14.2. The smallest absolute Gasteiger partial charge is 0.175 e. The molecule has 3 heterocycles. The van der Waals surface area contributed by atoms with E-state index in [1.165, 1.54) is 11.9 Å². The van der Waals surface area contributed by atoms with E-state index in [0.717, 1.165) is 32.4 Å². The van der Waals surface area contributed by atoms with Crippen LogP contribution in [0, 0.1) is 3.57 Å². The lowest BCUT2D eigenvalue weighted by Crippen LogP contribution is -2.40. The second kappa shape index (κ2) is 8.69. The van der Waals surface area contributed by atoms with Crippen LogP contribution in [-0.2, 0) is 24.3 Å². The Bertz CT molecular complexity index is 1090. The number of halogens is 1. The summed E-state index contributed by atoms with van der Waals surface area (Å²) in [6.45, 7) is 7.61. The van der Waals surface area contributed by atoms with Gasteiger partial charge >= 0.3 is 0 Å². The Morgan fingerprint density at radius 3 is 2.93 bits per heavy atom. The van der Waals surface area contributed by atoms with E-state index >= 15 is 0 Å². The number of benzene rings is 1. The second-order valence-corrected chi connectivity index (χ2v) is 12.1. The van der Waals surface area contributed by atoms with Gasteiger partial charge in [-0.1, -0.05) is 11.8 Å². The van der Waals surface area contributed by atoms with Gasteiger partial charge in [0.2, 0.25) is 0 Å². The van der Waals surface area contributed by atoms with Crippen LogP contribution in [0.25, 0.3) is 11.2 Å². The number of fused-ring (bicyclic) bond motifs is 2. The van der Waals surface area contributed by atoms with Crippen molar-refractivity contribution in [3.8, 4) is 5.75 Å². The molecule has 0 fully saturated rings. The van der Waals surface area contributed by atoms with E-state index in [2.05, 4.69) is 49.4 Å². The van der Waals surface area contributed by atoms with Crippen molar-refractivity contribution in [3.05, 3.63) is 27.6 Å². The maximum atomic E-state index is 12.3. The molecule has 160 valence electrons. The maximum absolute atomic E-state index is 12.3. The summed E-state index contributed by atoms with van der Waals surface area (Å²) in [7, 11) is 0. The van der Waals surface area contributed by atoms with Crippen LogP contribution in [0.5, 0.6) is 5.75 Å². The first-order valence-electron chi connectivity index (χ1n) is 9.49. The average molecular weight is 558 g/mol. The van der Waals surface area contributed by atoms with Crippen molar-refractivity contribution >= 4 is 62.7 Å². The molecule has 0 spiro atoms. The molecule has 30 heavy (non-hydrogen) atoms. The lowest BCUT2D eigenvalue weighted by Gasteiger charge is -2.23. The van der Waals surface area contributed by atoms with Gasteiger partial charge in [0.15, 0.2) is 22.1 Å². The van der Waals surface area contributed by atoms with Crippen molar-refractivity contribution in [2.24, 2.45) is 0 Å². The summed E-state index contributed by atoms with van der Waals surface area (Å²) in [6.07, 6.45) is 2.38. The average Bonchev–Trinajstić information content (AvgIpc) is 3.26. The molecule has 0 amide bonds. The van der Waals surface area contributed by atoms with Crippen molar-refractivity contribution in [1.29, 1.82) is 0 Å². The number of nitrogens with one attached hydrogen (secondary N) is 1. The first kappa shape index (κ1) is 21.9. The third kappa shape index (κ3) is 4.49. The molecule has 2 aromatic heterocycles. The predicted octanol–water partition coefficient (Wildman–Crippen LogP) is 3.15. The lowest BCUT2D eigenvalue weighted by molar-refractivity contribution is 0.356. The minimum absolute atomic E-state index is 0.332. The molecule has 1 atom stereocenters. The molecular formula is C19H23IN6O2S2. The Morgan fingerprint density at radius 2 is 2.17 bits per heavy atom. The highest BCUT2D eigenvalue weighted by atomic mass is 127. The van der Waals surface area contributed by atoms with Gasteiger partial charge in [0.25, 0.3) is 0 Å². The van der Waals surface area contributed by atoms with Crippen LogP contribution >= 0.6 is 34.4 Å². The molecule has 0 saturated carbocycles. The molecule has 0 aliphatic carbocycles. The van der Waals surface area contributed by atoms with Crippen molar-refractivity contribution < 1.29 is 9.29 Å². The third-order valence-electron chi connectivity index (χ3n) is 4.60. The van der Waals surface area contributed by atoms with E-state index in [4.69, 9.17) is 15.5 Å². The van der Waals surface area contributed by atoms with Gasteiger partial charge in [0.1, 0.15) is 16.8 Å². The van der Waals surface area contributed by atoms with E-state index in [9.17, 15) is 4.55 Å². The molecule has 4 rings (SSSR count). The molecule has 1 aliphatic rings. The largest absolute Gasteiger partial charge is 0.598 e. The highest BCUT2D eigenvalue weighted by Crippen LogP contribution is 2.38. The van der Waals surface area contributed by atoms with Crippen LogP contribution in [-0.4, -0.2) is 42.0 Å². The Labute approximate surface area is 196 Å². The van der Waals surface area contributed by atoms with Crippen molar-refractivity contribution in [3.63, 3.8) is 0 Å².